The molecule has 0 N–H and O–H groups in total. The lowest BCUT2D eigenvalue weighted by Crippen LogP contribution is -2.46. The first-order valence-corrected chi connectivity index (χ1v) is 9.44. The molecule has 0 spiro atoms. The van der Waals surface area contributed by atoms with Crippen LogP contribution in [0, 0.1) is 0 Å². The summed E-state index contributed by atoms with van der Waals surface area (Å²) >= 11 is -0.0672. The Morgan fingerprint density at radius 1 is 0.933 bits per heavy atom. The molecule has 0 fully saturated rings. The molecule has 0 amide bonds. The van der Waals surface area contributed by atoms with Gasteiger partial charge in [-0.25, -0.2) is 0 Å². The second-order valence-electron chi connectivity index (χ2n) is 6.72. The third-order valence-corrected chi connectivity index (χ3v) is 5.60. The van der Waals surface area contributed by atoms with Crippen LogP contribution < -0.4 is 4.74 Å². The zero-order valence-electron chi connectivity index (χ0n) is 15.4. The van der Waals surface area contributed by atoms with Crippen molar-refractivity contribution >= 4 is 23.3 Å². The van der Waals surface area contributed by atoms with Crippen molar-refractivity contribution in [2.45, 2.75) is 41.9 Å². The van der Waals surface area contributed by atoms with Crippen molar-refractivity contribution in [1.29, 1.82) is 0 Å². The lowest BCUT2D eigenvalue weighted by molar-refractivity contribution is -0.179. The van der Waals surface area contributed by atoms with Gasteiger partial charge in [0.15, 0.2) is 11.6 Å². The van der Waals surface area contributed by atoms with Crippen LogP contribution in [0.4, 0.5) is 26.3 Å². The Hall–Kier alpha value is -2.49. The molecular formula is C20H14F6O3S. The highest BCUT2D eigenvalue weighted by Gasteiger charge is 2.58. The normalized spacial score (nSPS) is 20.2. The predicted molar refractivity (Wildman–Crippen MR) is 96.7 cm³/mol. The Bertz CT molecular complexity index is 983. The second-order valence-corrected chi connectivity index (χ2v) is 7.88. The maximum absolute atomic E-state index is 13.9. The molecule has 1 aliphatic rings. The molecule has 1 heterocycles. The number of thioether (sulfide) groups is 1. The molecule has 0 saturated heterocycles. The quantitative estimate of drug-likeness (QED) is 0.397. The van der Waals surface area contributed by atoms with Gasteiger partial charge >= 0.3 is 17.3 Å². The van der Waals surface area contributed by atoms with Crippen LogP contribution >= 0.6 is 11.8 Å². The Kier molecular flexibility index (Phi) is 5.66. The largest absolute Gasteiger partial charge is 0.450 e. The fourth-order valence-electron chi connectivity index (χ4n) is 2.70. The minimum absolute atomic E-state index is 0.0204. The van der Waals surface area contributed by atoms with E-state index >= 15 is 0 Å². The van der Waals surface area contributed by atoms with E-state index in [1.54, 1.807) is 0 Å². The molecule has 0 saturated carbocycles. The van der Waals surface area contributed by atoms with E-state index in [1.165, 1.54) is 12.1 Å². The van der Waals surface area contributed by atoms with E-state index in [9.17, 15) is 35.9 Å². The number of rotatable bonds is 5. The van der Waals surface area contributed by atoms with Crippen molar-refractivity contribution in [2.24, 2.45) is 0 Å². The van der Waals surface area contributed by atoms with Crippen LogP contribution in [0.25, 0.3) is 0 Å². The maximum atomic E-state index is 13.9. The van der Waals surface area contributed by atoms with Crippen LogP contribution in [0.1, 0.15) is 46.0 Å². The Morgan fingerprint density at radius 2 is 1.47 bits per heavy atom. The molecule has 2 aromatic carbocycles. The number of Topliss-reactive ketones (excluding diaryl/α,β-unsaturated/α-hetero) is 2. The van der Waals surface area contributed by atoms with Gasteiger partial charge in [0.1, 0.15) is 5.75 Å². The number of ketones is 2. The maximum Gasteiger partial charge on any atom is 0.416 e. The van der Waals surface area contributed by atoms with E-state index in [-0.39, 0.29) is 46.4 Å². The summed E-state index contributed by atoms with van der Waals surface area (Å²) < 4.78 is 83.9. The lowest BCUT2D eigenvalue weighted by Gasteiger charge is -2.35. The molecule has 1 atom stereocenters. The highest BCUT2D eigenvalue weighted by atomic mass is 32.2. The second kappa shape index (κ2) is 7.64. The Balaban J connectivity index is 1.66. The third kappa shape index (κ3) is 4.48. The molecule has 2 aromatic rings. The standard InChI is InChI=1S/C20H14F6O3S/c1-18(21)20(25,26)30-17-10-12(4-9-16(17)29-18)15(28)8-7-14(27)11-2-5-13(6-3-11)19(22,23)24/h2-6,9-10H,7-8H2,1H3. The number of fused-ring (bicyclic) bond motifs is 1. The first-order valence-electron chi connectivity index (χ1n) is 8.63. The molecule has 1 unspecified atom stereocenters. The Morgan fingerprint density at radius 3 is 2.03 bits per heavy atom. The molecule has 0 aromatic heterocycles. The summed E-state index contributed by atoms with van der Waals surface area (Å²) in [5.74, 6) is -4.40. The van der Waals surface area contributed by atoms with Crippen LogP contribution in [-0.4, -0.2) is 22.7 Å². The van der Waals surface area contributed by atoms with Crippen molar-refractivity contribution in [2.75, 3.05) is 0 Å². The number of hydrogen-bond donors (Lipinski definition) is 0. The minimum Gasteiger partial charge on any atom is -0.450 e. The smallest absolute Gasteiger partial charge is 0.416 e. The van der Waals surface area contributed by atoms with Gasteiger partial charge in [0, 0.05) is 30.9 Å². The highest BCUT2D eigenvalue weighted by Crippen LogP contribution is 2.53. The van der Waals surface area contributed by atoms with Gasteiger partial charge in [-0.05, 0) is 42.1 Å². The van der Waals surface area contributed by atoms with Crippen LogP contribution in [0.15, 0.2) is 47.4 Å². The van der Waals surface area contributed by atoms with Crippen LogP contribution in [0.5, 0.6) is 5.75 Å². The number of alkyl halides is 6. The van der Waals surface area contributed by atoms with Crippen LogP contribution in [-0.2, 0) is 6.18 Å². The number of carbonyl (C=O) groups excluding carboxylic acids is 2. The molecule has 10 heteroatoms. The number of ether oxygens (including phenoxy) is 1. The number of halogens is 6. The van der Waals surface area contributed by atoms with Gasteiger partial charge in [0.25, 0.3) is 0 Å². The predicted octanol–water partition coefficient (Wildman–Crippen LogP) is 6.31. The summed E-state index contributed by atoms with van der Waals surface area (Å²) in [5.41, 5.74) is -0.847. The van der Waals surface area contributed by atoms with Crippen LogP contribution in [0.3, 0.4) is 0 Å². The molecule has 30 heavy (non-hydrogen) atoms. The van der Waals surface area contributed by atoms with E-state index in [0.717, 1.165) is 30.3 Å². The third-order valence-electron chi connectivity index (χ3n) is 4.44. The molecule has 0 aliphatic carbocycles. The van der Waals surface area contributed by atoms with E-state index in [0.29, 0.717) is 6.92 Å². The molecule has 0 radical (unpaired) electrons. The fraction of sp³-hybridized carbons (Fsp3) is 0.300. The van der Waals surface area contributed by atoms with Crippen molar-refractivity contribution in [1.82, 2.24) is 0 Å². The summed E-state index contributed by atoms with van der Waals surface area (Å²) in [5, 5.41) is -3.86. The monoisotopic (exact) mass is 448 g/mol. The topological polar surface area (TPSA) is 43.4 Å². The zero-order chi connectivity index (χ0) is 22.3. The van der Waals surface area contributed by atoms with Crippen LogP contribution in [0.2, 0.25) is 0 Å². The van der Waals surface area contributed by atoms with Crippen molar-refractivity contribution in [3.8, 4) is 5.75 Å². The first kappa shape index (κ1) is 22.2. The van der Waals surface area contributed by atoms with Gasteiger partial charge in [0.05, 0.1) is 10.5 Å². The minimum atomic E-state index is -4.53. The number of carbonyl (C=O) groups is 2. The summed E-state index contributed by atoms with van der Waals surface area (Å²) in [4.78, 5) is 24.3. The molecule has 1 aliphatic heterocycles. The van der Waals surface area contributed by atoms with Crippen molar-refractivity contribution < 1.29 is 40.7 Å². The molecule has 3 rings (SSSR count). The van der Waals surface area contributed by atoms with Gasteiger partial charge in [-0.2, -0.15) is 26.3 Å². The van der Waals surface area contributed by atoms with Gasteiger partial charge in [0.2, 0.25) is 0 Å². The van der Waals surface area contributed by atoms with Gasteiger partial charge < -0.3 is 4.74 Å². The van der Waals surface area contributed by atoms with E-state index in [4.69, 9.17) is 0 Å². The van der Waals surface area contributed by atoms with E-state index in [1.807, 2.05) is 0 Å². The lowest BCUT2D eigenvalue weighted by atomic mass is 10.0. The first-order chi connectivity index (χ1) is 13.8. The average molecular weight is 448 g/mol. The van der Waals surface area contributed by atoms with Gasteiger partial charge in [-0.1, -0.05) is 12.1 Å². The summed E-state index contributed by atoms with van der Waals surface area (Å²) in [6, 6.07) is 7.19. The highest BCUT2D eigenvalue weighted by molar-refractivity contribution is 8.00. The SMILES string of the molecule is CC1(F)Oc2ccc(C(=O)CCC(=O)c3ccc(C(F)(F)F)cc3)cc2SC1(F)F. The van der Waals surface area contributed by atoms with Gasteiger partial charge in [-0.3, -0.25) is 9.59 Å². The Labute approximate surface area is 171 Å². The molecule has 0 bridgehead atoms. The zero-order valence-corrected chi connectivity index (χ0v) is 16.2. The molecule has 3 nitrogen and oxygen atoms in total. The summed E-state index contributed by atoms with van der Waals surface area (Å²) in [6.45, 7) is 0.606. The average Bonchev–Trinajstić information content (AvgIpc) is 2.65. The van der Waals surface area contributed by atoms with Crippen molar-refractivity contribution in [3.05, 3.63) is 59.2 Å². The molecular weight excluding hydrogens is 434 g/mol. The summed E-state index contributed by atoms with van der Waals surface area (Å²) in [6.07, 6.45) is -5.08. The molecule has 160 valence electrons. The number of hydrogen-bond acceptors (Lipinski definition) is 4. The van der Waals surface area contributed by atoms with Crippen molar-refractivity contribution in [3.63, 3.8) is 0 Å². The number of benzene rings is 2. The van der Waals surface area contributed by atoms with Gasteiger partial charge in [-0.15, -0.1) is 0 Å². The summed E-state index contributed by atoms with van der Waals surface area (Å²) in [7, 11) is 0. The fourth-order valence-corrected chi connectivity index (χ4v) is 3.60. The van der Waals surface area contributed by atoms with E-state index < -0.39 is 34.4 Å². The van der Waals surface area contributed by atoms with E-state index in [2.05, 4.69) is 4.74 Å².